The average Bonchev–Trinajstić information content (AvgIpc) is 3.06. The Morgan fingerprint density at radius 2 is 2.11 bits per heavy atom. The molecule has 3 rings (SSSR count). The Morgan fingerprint density at radius 3 is 2.74 bits per heavy atom. The summed E-state index contributed by atoms with van der Waals surface area (Å²) < 4.78 is 11.7. The number of carbonyl (C=O) groups excluding carboxylic acids is 2. The molecule has 144 valence electrons. The first-order chi connectivity index (χ1) is 12.9. The van der Waals surface area contributed by atoms with Gasteiger partial charge in [0.05, 0.1) is 0 Å². The van der Waals surface area contributed by atoms with Crippen LogP contribution in [0.3, 0.4) is 0 Å². The van der Waals surface area contributed by atoms with E-state index in [-0.39, 0.29) is 30.3 Å². The van der Waals surface area contributed by atoms with E-state index in [9.17, 15) is 9.59 Å². The largest absolute Gasteiger partial charge is 0.469 e. The highest BCUT2D eigenvalue weighted by Gasteiger charge is 2.51. The van der Waals surface area contributed by atoms with Crippen molar-refractivity contribution in [2.24, 2.45) is 11.8 Å². The van der Waals surface area contributed by atoms with Crippen molar-refractivity contribution in [3.05, 3.63) is 54.3 Å². The summed E-state index contributed by atoms with van der Waals surface area (Å²) in [6, 6.07) is 7.98. The Hall–Kier alpha value is -2.40. The quantitative estimate of drug-likeness (QED) is 0.719. The minimum Gasteiger partial charge on any atom is -0.469 e. The van der Waals surface area contributed by atoms with Crippen molar-refractivity contribution >= 4 is 17.4 Å². The molecule has 0 saturated carbocycles. The van der Waals surface area contributed by atoms with E-state index in [4.69, 9.17) is 9.47 Å². The molecule has 1 amide bonds. The number of carbonyl (C=O) groups is 2. The molecule has 0 N–H and O–H groups in total. The number of ketones is 1. The monoisotopic (exact) mass is 369 g/mol. The first-order valence-electron chi connectivity index (χ1n) is 9.34. The van der Waals surface area contributed by atoms with Gasteiger partial charge in [-0.15, -0.1) is 6.58 Å². The smallest absolute Gasteiger partial charge is 0.223 e. The first-order valence-corrected chi connectivity index (χ1v) is 9.34. The van der Waals surface area contributed by atoms with Crippen LogP contribution in [0.2, 0.25) is 0 Å². The van der Waals surface area contributed by atoms with Crippen LogP contribution in [0.25, 0.3) is 0 Å². The first kappa shape index (κ1) is 19.4. The summed E-state index contributed by atoms with van der Waals surface area (Å²) in [5.41, 5.74) is 1.47. The van der Waals surface area contributed by atoms with E-state index in [1.165, 1.54) is 0 Å². The molecule has 0 bridgehead atoms. The van der Waals surface area contributed by atoms with Crippen LogP contribution in [0.5, 0.6) is 0 Å². The van der Waals surface area contributed by atoms with Gasteiger partial charge in [-0.3, -0.25) is 9.59 Å². The number of hydrogen-bond acceptors (Lipinski definition) is 4. The van der Waals surface area contributed by atoms with Crippen LogP contribution in [0.1, 0.15) is 32.3 Å². The van der Waals surface area contributed by atoms with E-state index in [0.717, 1.165) is 17.7 Å². The summed E-state index contributed by atoms with van der Waals surface area (Å²) in [4.78, 5) is 25.4. The number of anilines is 1. The molecule has 0 aromatic heterocycles. The molecular formula is C22H27NO4. The zero-order valence-corrected chi connectivity index (χ0v) is 16.2. The molecule has 5 nitrogen and oxygen atoms in total. The molecule has 1 aromatic carbocycles. The van der Waals surface area contributed by atoms with Crippen LogP contribution >= 0.6 is 0 Å². The molecule has 5 heteroatoms. The minimum atomic E-state index is -0.559. The van der Waals surface area contributed by atoms with Gasteiger partial charge in [0.25, 0.3) is 0 Å². The number of nitrogens with zero attached hydrogens (tertiary/aromatic N) is 1. The molecule has 1 aromatic rings. The van der Waals surface area contributed by atoms with Gasteiger partial charge in [0.15, 0.2) is 12.6 Å². The van der Waals surface area contributed by atoms with E-state index in [1.807, 2.05) is 24.3 Å². The second kappa shape index (κ2) is 7.69. The molecule has 1 saturated heterocycles. The summed E-state index contributed by atoms with van der Waals surface area (Å²) in [6.45, 7) is 7.64. The molecule has 1 fully saturated rings. The molecule has 1 unspecified atom stereocenters. The normalized spacial score (nSPS) is 25.2. The van der Waals surface area contributed by atoms with Gasteiger partial charge in [0.2, 0.25) is 5.91 Å². The van der Waals surface area contributed by atoms with Crippen LogP contribution in [0, 0.1) is 11.8 Å². The Bertz CT molecular complexity index is 767. The van der Waals surface area contributed by atoms with E-state index in [0.29, 0.717) is 18.6 Å². The molecule has 1 aliphatic heterocycles. The third-order valence-electron chi connectivity index (χ3n) is 5.76. The average molecular weight is 369 g/mol. The highest BCUT2D eigenvalue weighted by molar-refractivity contribution is 5.94. The topological polar surface area (TPSA) is 55.8 Å². The zero-order valence-electron chi connectivity index (χ0n) is 16.2. The molecule has 3 atom stereocenters. The minimum absolute atomic E-state index is 0.00132. The lowest BCUT2D eigenvalue weighted by Gasteiger charge is -2.38. The molecule has 1 aliphatic carbocycles. The Labute approximate surface area is 160 Å². The van der Waals surface area contributed by atoms with Crippen LogP contribution in [-0.4, -0.2) is 31.1 Å². The fraction of sp³-hybridized carbons (Fsp3) is 0.455. The molecule has 1 heterocycles. The highest BCUT2D eigenvalue weighted by Crippen LogP contribution is 2.46. The van der Waals surface area contributed by atoms with Crippen LogP contribution in [0.15, 0.2) is 48.8 Å². The fourth-order valence-corrected chi connectivity index (χ4v) is 3.97. The number of hydrogen-bond donors (Lipinski definition) is 0. The van der Waals surface area contributed by atoms with Crippen molar-refractivity contribution < 1.29 is 19.1 Å². The summed E-state index contributed by atoms with van der Waals surface area (Å²) in [5, 5.41) is 0. The predicted octanol–water partition coefficient (Wildman–Crippen LogP) is 3.64. The van der Waals surface area contributed by atoms with Gasteiger partial charge in [0.1, 0.15) is 11.4 Å². The molecule has 27 heavy (non-hydrogen) atoms. The van der Waals surface area contributed by atoms with Crippen molar-refractivity contribution in [3.63, 3.8) is 0 Å². The van der Waals surface area contributed by atoms with Crippen LogP contribution < -0.4 is 4.90 Å². The molecule has 2 aliphatic rings. The van der Waals surface area contributed by atoms with E-state index < -0.39 is 5.60 Å². The molecular weight excluding hydrogens is 342 g/mol. The predicted molar refractivity (Wildman–Crippen MR) is 104 cm³/mol. The third-order valence-corrected chi connectivity index (χ3v) is 5.76. The number of ether oxygens (including phenoxy) is 2. The van der Waals surface area contributed by atoms with Crippen molar-refractivity contribution in [1.29, 1.82) is 0 Å². The van der Waals surface area contributed by atoms with Gasteiger partial charge < -0.3 is 14.4 Å². The Balaban J connectivity index is 1.79. The Morgan fingerprint density at radius 1 is 1.41 bits per heavy atom. The Kier molecular flexibility index (Phi) is 5.51. The highest BCUT2D eigenvalue weighted by atomic mass is 16.7. The second-order valence-corrected chi connectivity index (χ2v) is 7.48. The van der Waals surface area contributed by atoms with Gasteiger partial charge in [-0.25, -0.2) is 0 Å². The van der Waals surface area contributed by atoms with Crippen molar-refractivity contribution in [1.82, 2.24) is 0 Å². The molecule has 0 radical (unpaired) electrons. The number of allylic oxidation sites excluding steroid dienone is 2. The van der Waals surface area contributed by atoms with Crippen molar-refractivity contribution in [3.8, 4) is 0 Å². The van der Waals surface area contributed by atoms with Crippen LogP contribution in [0.4, 0.5) is 5.69 Å². The zero-order chi connectivity index (χ0) is 19.6. The lowest BCUT2D eigenvalue weighted by atomic mass is 9.71. The lowest BCUT2D eigenvalue weighted by molar-refractivity contribution is -0.123. The van der Waals surface area contributed by atoms with Gasteiger partial charge in [0, 0.05) is 31.7 Å². The third kappa shape index (κ3) is 3.69. The van der Waals surface area contributed by atoms with E-state index in [2.05, 4.69) is 13.5 Å². The maximum absolute atomic E-state index is 12.3. The van der Waals surface area contributed by atoms with Crippen LogP contribution in [-0.2, 0) is 25.5 Å². The fourth-order valence-electron chi connectivity index (χ4n) is 3.97. The summed E-state index contributed by atoms with van der Waals surface area (Å²) in [5.74, 6) is 0.787. The van der Waals surface area contributed by atoms with Gasteiger partial charge in [-0.05, 0) is 42.9 Å². The standard InChI is InChI=1S/C22H27NO4/c1-5-6-18-13-22(21(12-20(18)25)26-14-27-22)15(2)11-17-7-9-19(10-8-17)23(4)16(3)24/h5,7-10,12,15,18H,1,6,11,13-14H2,2-4H3/t15?,18-,22+/m0/s1. The number of benzene rings is 1. The lowest BCUT2D eigenvalue weighted by Crippen LogP contribution is -2.44. The van der Waals surface area contributed by atoms with Gasteiger partial charge in [-0.1, -0.05) is 25.1 Å². The molecule has 0 spiro atoms. The van der Waals surface area contributed by atoms with Gasteiger partial charge >= 0.3 is 0 Å². The second-order valence-electron chi connectivity index (χ2n) is 7.48. The van der Waals surface area contributed by atoms with Gasteiger partial charge in [-0.2, -0.15) is 0 Å². The summed E-state index contributed by atoms with van der Waals surface area (Å²) >= 11 is 0. The van der Waals surface area contributed by atoms with Crippen molar-refractivity contribution in [2.75, 3.05) is 18.7 Å². The van der Waals surface area contributed by atoms with E-state index >= 15 is 0 Å². The summed E-state index contributed by atoms with van der Waals surface area (Å²) in [6.07, 6.45) is 5.47. The van der Waals surface area contributed by atoms with E-state index in [1.54, 1.807) is 31.0 Å². The number of amides is 1. The maximum atomic E-state index is 12.3. The van der Waals surface area contributed by atoms with Crippen molar-refractivity contribution in [2.45, 2.75) is 38.7 Å². The SMILES string of the molecule is C=CC[C@H]1C[C@]2(C(C)Cc3ccc(N(C)C(C)=O)cc3)OCOC2=CC1=O. The maximum Gasteiger partial charge on any atom is 0.223 e. The number of rotatable bonds is 6. The number of fused-ring (bicyclic) bond motifs is 1. The summed E-state index contributed by atoms with van der Waals surface area (Å²) in [7, 11) is 1.76.